The van der Waals surface area contributed by atoms with Gasteiger partial charge in [-0.2, -0.15) is 23.3 Å². The van der Waals surface area contributed by atoms with Crippen molar-refractivity contribution in [2.75, 3.05) is 0 Å². The summed E-state index contributed by atoms with van der Waals surface area (Å²) in [6.07, 6.45) is 1.35. The molecule has 0 saturated carbocycles. The Balaban J connectivity index is 2.48. The van der Waals surface area contributed by atoms with Gasteiger partial charge in [0.15, 0.2) is 0 Å². The molecule has 1 unspecified atom stereocenters. The van der Waals surface area contributed by atoms with E-state index in [-0.39, 0.29) is 0 Å². The van der Waals surface area contributed by atoms with Crippen LogP contribution in [0.1, 0.15) is 43.2 Å². The van der Waals surface area contributed by atoms with Crippen LogP contribution in [0.25, 0.3) is 0 Å². The fourth-order valence-corrected chi connectivity index (χ4v) is 2.13. The number of hydrogen-bond acceptors (Lipinski definition) is 0. The minimum atomic E-state index is 0.806. The Bertz CT molecular complexity index is 209. The first kappa shape index (κ1) is 6.09. The van der Waals surface area contributed by atoms with Gasteiger partial charge in [-0.15, -0.1) is 0 Å². The SMILES string of the molecule is CC1C[C@@H](C)c2cc[cH-]c21. The Morgan fingerprint density at radius 1 is 1.40 bits per heavy atom. The van der Waals surface area contributed by atoms with Crippen LogP contribution >= 0.6 is 0 Å². The molecule has 0 spiro atoms. The lowest BCUT2D eigenvalue weighted by Gasteiger charge is -2.05. The van der Waals surface area contributed by atoms with Gasteiger partial charge < -0.3 is 0 Å². The fourth-order valence-electron chi connectivity index (χ4n) is 2.13. The molecule has 0 saturated heterocycles. The molecule has 2 rings (SSSR count). The smallest absolute Gasteiger partial charge is 0.0426 e. The van der Waals surface area contributed by atoms with Gasteiger partial charge in [-0.3, -0.25) is 0 Å². The molecular weight excluding hydrogens is 120 g/mol. The highest BCUT2D eigenvalue weighted by Crippen LogP contribution is 2.41. The Labute approximate surface area is 62.2 Å². The van der Waals surface area contributed by atoms with Crippen molar-refractivity contribution in [2.45, 2.75) is 32.1 Å². The average Bonchev–Trinajstić information content (AvgIpc) is 2.39. The van der Waals surface area contributed by atoms with Crippen LogP contribution in [-0.2, 0) is 0 Å². The normalized spacial score (nSPS) is 30.6. The highest BCUT2D eigenvalue weighted by Gasteiger charge is 2.17. The molecule has 10 heavy (non-hydrogen) atoms. The minimum Gasteiger partial charge on any atom is -0.210 e. The summed E-state index contributed by atoms with van der Waals surface area (Å²) in [6.45, 7) is 4.64. The predicted molar refractivity (Wildman–Crippen MR) is 43.5 cm³/mol. The van der Waals surface area contributed by atoms with E-state index in [0.29, 0.717) is 0 Å². The third-order valence-electron chi connectivity index (χ3n) is 2.65. The lowest BCUT2D eigenvalue weighted by Crippen LogP contribution is -1.83. The van der Waals surface area contributed by atoms with E-state index in [1.165, 1.54) is 6.42 Å². The number of hydrogen-bond donors (Lipinski definition) is 0. The van der Waals surface area contributed by atoms with Crippen LogP contribution in [0.2, 0.25) is 0 Å². The Morgan fingerprint density at radius 3 is 2.90 bits per heavy atom. The van der Waals surface area contributed by atoms with E-state index in [4.69, 9.17) is 0 Å². The van der Waals surface area contributed by atoms with Gasteiger partial charge in [0.2, 0.25) is 0 Å². The van der Waals surface area contributed by atoms with Crippen LogP contribution < -0.4 is 0 Å². The Hall–Kier alpha value is -0.650. The molecule has 0 aliphatic heterocycles. The highest BCUT2D eigenvalue weighted by atomic mass is 14.3. The van der Waals surface area contributed by atoms with Crippen LogP contribution in [-0.4, -0.2) is 0 Å². The molecule has 0 heteroatoms. The zero-order chi connectivity index (χ0) is 7.14. The summed E-state index contributed by atoms with van der Waals surface area (Å²) < 4.78 is 0. The van der Waals surface area contributed by atoms with Crippen molar-refractivity contribution in [3.63, 3.8) is 0 Å². The van der Waals surface area contributed by atoms with Crippen molar-refractivity contribution in [3.8, 4) is 0 Å². The average molecular weight is 133 g/mol. The maximum Gasteiger partial charge on any atom is -0.0426 e. The minimum absolute atomic E-state index is 0.806. The summed E-state index contributed by atoms with van der Waals surface area (Å²) in [6, 6.07) is 6.71. The van der Waals surface area contributed by atoms with E-state index in [0.717, 1.165) is 11.8 Å². The third-order valence-corrected chi connectivity index (χ3v) is 2.65. The van der Waals surface area contributed by atoms with Crippen LogP contribution in [0, 0.1) is 0 Å². The molecule has 0 fully saturated rings. The number of rotatable bonds is 0. The van der Waals surface area contributed by atoms with Crippen LogP contribution in [0.15, 0.2) is 18.2 Å². The molecule has 54 valence electrons. The molecule has 0 heterocycles. The molecule has 1 aromatic carbocycles. The summed E-state index contributed by atoms with van der Waals surface area (Å²) in [5.41, 5.74) is 3.18. The van der Waals surface area contributed by atoms with Gasteiger partial charge in [0.1, 0.15) is 0 Å². The van der Waals surface area contributed by atoms with Gasteiger partial charge in [-0.05, 0) is 5.92 Å². The molecule has 0 bridgehead atoms. The molecule has 0 amide bonds. The predicted octanol–water partition coefficient (Wildman–Crippen LogP) is 3.02. The van der Waals surface area contributed by atoms with E-state index < -0.39 is 0 Å². The topological polar surface area (TPSA) is 0 Å². The molecule has 2 atom stereocenters. The Morgan fingerprint density at radius 2 is 2.20 bits per heavy atom. The molecule has 1 aliphatic rings. The van der Waals surface area contributed by atoms with E-state index in [9.17, 15) is 0 Å². The molecule has 1 aliphatic carbocycles. The van der Waals surface area contributed by atoms with Gasteiger partial charge in [0.25, 0.3) is 0 Å². The highest BCUT2D eigenvalue weighted by molar-refractivity contribution is 5.39. The largest absolute Gasteiger partial charge is 0.210 e. The molecular formula is C10H13-. The van der Waals surface area contributed by atoms with Gasteiger partial charge >= 0.3 is 0 Å². The van der Waals surface area contributed by atoms with Gasteiger partial charge in [0, 0.05) is 0 Å². The quantitative estimate of drug-likeness (QED) is 0.477. The second kappa shape index (κ2) is 1.91. The number of fused-ring (bicyclic) bond motifs is 1. The zero-order valence-electron chi connectivity index (χ0n) is 6.59. The van der Waals surface area contributed by atoms with E-state index in [1.807, 2.05) is 0 Å². The van der Waals surface area contributed by atoms with Crippen molar-refractivity contribution >= 4 is 0 Å². The molecule has 1 aromatic rings. The van der Waals surface area contributed by atoms with Crippen LogP contribution in [0.3, 0.4) is 0 Å². The molecule has 0 nitrogen and oxygen atoms in total. The fraction of sp³-hybridized carbons (Fsp3) is 0.500. The van der Waals surface area contributed by atoms with Crippen molar-refractivity contribution < 1.29 is 0 Å². The van der Waals surface area contributed by atoms with E-state index >= 15 is 0 Å². The van der Waals surface area contributed by atoms with Gasteiger partial charge in [-0.1, -0.05) is 26.2 Å². The van der Waals surface area contributed by atoms with E-state index in [2.05, 4.69) is 32.0 Å². The first-order chi connectivity index (χ1) is 4.79. The lowest BCUT2D eigenvalue weighted by molar-refractivity contribution is 0.659. The van der Waals surface area contributed by atoms with Crippen molar-refractivity contribution in [2.24, 2.45) is 0 Å². The summed E-state index contributed by atoms with van der Waals surface area (Å²) in [5.74, 6) is 1.61. The zero-order valence-corrected chi connectivity index (χ0v) is 6.59. The second-order valence-electron chi connectivity index (χ2n) is 3.47. The monoisotopic (exact) mass is 133 g/mol. The summed E-state index contributed by atoms with van der Waals surface area (Å²) in [7, 11) is 0. The van der Waals surface area contributed by atoms with Crippen LogP contribution in [0.5, 0.6) is 0 Å². The summed E-state index contributed by atoms with van der Waals surface area (Å²) in [5, 5.41) is 0. The first-order valence-corrected chi connectivity index (χ1v) is 4.04. The third kappa shape index (κ3) is 0.650. The maximum atomic E-state index is 2.32. The first-order valence-electron chi connectivity index (χ1n) is 4.04. The second-order valence-corrected chi connectivity index (χ2v) is 3.47. The Kier molecular flexibility index (Phi) is 1.17. The van der Waals surface area contributed by atoms with Crippen molar-refractivity contribution in [3.05, 3.63) is 29.3 Å². The maximum absolute atomic E-state index is 2.32. The molecule has 0 radical (unpaired) electrons. The summed E-state index contributed by atoms with van der Waals surface area (Å²) >= 11 is 0. The van der Waals surface area contributed by atoms with Crippen molar-refractivity contribution in [1.29, 1.82) is 0 Å². The van der Waals surface area contributed by atoms with Crippen molar-refractivity contribution in [1.82, 2.24) is 0 Å². The molecule has 0 N–H and O–H groups in total. The molecule has 0 aromatic heterocycles. The van der Waals surface area contributed by atoms with Gasteiger partial charge in [0.05, 0.1) is 0 Å². The van der Waals surface area contributed by atoms with Gasteiger partial charge in [-0.25, -0.2) is 6.07 Å². The standard InChI is InChI=1S/C10H13/c1-7-6-8(2)10-5-3-4-9(7)10/h3-5,7-8H,6H2,1-2H3/q-1/t7-,8?/m1/s1. The summed E-state index contributed by atoms with van der Waals surface area (Å²) in [4.78, 5) is 0. The van der Waals surface area contributed by atoms with E-state index in [1.54, 1.807) is 11.1 Å². The van der Waals surface area contributed by atoms with Crippen LogP contribution in [0.4, 0.5) is 0 Å². The lowest BCUT2D eigenvalue weighted by atomic mass is 10.0.